The minimum absolute atomic E-state index is 0. The summed E-state index contributed by atoms with van der Waals surface area (Å²) < 4.78 is 4.79. The van der Waals surface area contributed by atoms with Crippen LogP contribution in [0.1, 0.15) is 11.5 Å². The second-order valence-electron chi connectivity index (χ2n) is 1.67. The van der Waals surface area contributed by atoms with Crippen LogP contribution in [-0.2, 0) is 0 Å². The average molecular weight is 162 g/mol. The first-order chi connectivity index (χ1) is 4.22. The number of oxazole rings is 1. The molecule has 0 amide bonds. The molecule has 0 spiro atoms. The first-order valence-electron chi connectivity index (χ1n) is 2.46. The first-order valence-corrected chi connectivity index (χ1v) is 2.46. The Bertz CT molecular complexity index is 233. The van der Waals surface area contributed by atoms with Crippen molar-refractivity contribution in [3.05, 3.63) is 17.8 Å². The number of halogens is 1. The van der Waals surface area contributed by atoms with Crippen LogP contribution in [0.25, 0.3) is 0 Å². The lowest BCUT2D eigenvalue weighted by Crippen LogP contribution is -2.12. The highest BCUT2D eigenvalue weighted by atomic mass is 35.5. The molecule has 0 saturated heterocycles. The summed E-state index contributed by atoms with van der Waals surface area (Å²) in [7, 11) is 0. The number of hydrogen-bond acceptors (Lipinski definition) is 3. The van der Waals surface area contributed by atoms with E-state index in [0.717, 1.165) is 0 Å². The summed E-state index contributed by atoms with van der Waals surface area (Å²) in [6.07, 6.45) is 1.27. The van der Waals surface area contributed by atoms with Gasteiger partial charge in [0.15, 0.2) is 6.39 Å². The van der Waals surface area contributed by atoms with Crippen LogP contribution in [0.4, 0.5) is 0 Å². The molecule has 0 unspecified atom stereocenters. The zero-order valence-electron chi connectivity index (χ0n) is 5.42. The lowest BCUT2D eigenvalue weighted by atomic mass is 10.3. The molecule has 0 bridgehead atoms. The van der Waals surface area contributed by atoms with Gasteiger partial charge in [-0.15, -0.1) is 12.4 Å². The standard InChI is InChI=1S/C5H7N3O.ClH/c1-3-4(5(6)7)8-2-9-3;/h2H,1H3,(H3,6,7);1H. The molecule has 1 rings (SSSR count). The average Bonchev–Trinajstić information content (AvgIpc) is 2.13. The number of hydrogen-bond donors (Lipinski definition) is 2. The van der Waals surface area contributed by atoms with Crippen molar-refractivity contribution >= 4 is 18.2 Å². The van der Waals surface area contributed by atoms with Crippen LogP contribution < -0.4 is 5.73 Å². The molecule has 0 aromatic carbocycles. The van der Waals surface area contributed by atoms with Crippen LogP contribution in [-0.4, -0.2) is 10.8 Å². The fourth-order valence-corrected chi connectivity index (χ4v) is 0.564. The molecule has 0 aliphatic heterocycles. The van der Waals surface area contributed by atoms with Crippen LogP contribution in [0.15, 0.2) is 10.8 Å². The normalized spacial score (nSPS) is 8.50. The van der Waals surface area contributed by atoms with Gasteiger partial charge in [0, 0.05) is 0 Å². The van der Waals surface area contributed by atoms with Gasteiger partial charge in [-0.25, -0.2) is 4.98 Å². The zero-order valence-corrected chi connectivity index (χ0v) is 6.23. The van der Waals surface area contributed by atoms with Gasteiger partial charge < -0.3 is 10.2 Å². The number of nitrogen functional groups attached to an aromatic ring is 1. The van der Waals surface area contributed by atoms with Crippen molar-refractivity contribution in [2.45, 2.75) is 6.92 Å². The number of nitrogens with zero attached hydrogens (tertiary/aromatic N) is 1. The Morgan fingerprint density at radius 1 is 1.80 bits per heavy atom. The lowest BCUT2D eigenvalue weighted by Gasteiger charge is -1.88. The Kier molecular flexibility index (Phi) is 2.89. The highest BCUT2D eigenvalue weighted by molar-refractivity contribution is 5.93. The van der Waals surface area contributed by atoms with Gasteiger partial charge in [0.1, 0.15) is 17.3 Å². The molecule has 0 atom stereocenters. The maximum atomic E-state index is 6.95. The van der Waals surface area contributed by atoms with E-state index in [0.29, 0.717) is 11.5 Å². The highest BCUT2D eigenvalue weighted by Gasteiger charge is 2.03. The number of nitrogens with two attached hydrogens (primary N) is 1. The summed E-state index contributed by atoms with van der Waals surface area (Å²) >= 11 is 0. The maximum absolute atomic E-state index is 6.95. The van der Waals surface area contributed by atoms with E-state index in [1.165, 1.54) is 6.39 Å². The van der Waals surface area contributed by atoms with Crippen molar-refractivity contribution in [3.63, 3.8) is 0 Å². The smallest absolute Gasteiger partial charge is 0.181 e. The van der Waals surface area contributed by atoms with E-state index in [4.69, 9.17) is 15.6 Å². The summed E-state index contributed by atoms with van der Waals surface area (Å²) in [5.41, 5.74) is 5.55. The fraction of sp³-hybridized carbons (Fsp3) is 0.200. The Hall–Kier alpha value is -1.03. The monoisotopic (exact) mass is 161 g/mol. The largest absolute Gasteiger partial charge is 0.448 e. The van der Waals surface area contributed by atoms with Crippen LogP contribution >= 0.6 is 12.4 Å². The fourth-order valence-electron chi connectivity index (χ4n) is 0.564. The van der Waals surface area contributed by atoms with Crippen molar-refractivity contribution < 1.29 is 4.42 Å². The second kappa shape index (κ2) is 3.22. The molecular formula is C5H8ClN3O. The van der Waals surface area contributed by atoms with E-state index in [1.54, 1.807) is 6.92 Å². The number of aryl methyl sites for hydroxylation is 1. The minimum atomic E-state index is -0.0544. The van der Waals surface area contributed by atoms with Crippen molar-refractivity contribution in [1.82, 2.24) is 4.98 Å². The van der Waals surface area contributed by atoms with E-state index in [2.05, 4.69) is 4.98 Å². The Morgan fingerprint density at radius 3 is 2.60 bits per heavy atom. The first kappa shape index (κ1) is 8.97. The van der Waals surface area contributed by atoms with Gasteiger partial charge in [-0.05, 0) is 6.92 Å². The van der Waals surface area contributed by atoms with Gasteiger partial charge in [-0.2, -0.15) is 0 Å². The zero-order chi connectivity index (χ0) is 6.85. The van der Waals surface area contributed by atoms with E-state index in [1.807, 2.05) is 0 Å². The molecule has 56 valence electrons. The van der Waals surface area contributed by atoms with Crippen molar-refractivity contribution in [2.75, 3.05) is 0 Å². The van der Waals surface area contributed by atoms with E-state index in [-0.39, 0.29) is 18.2 Å². The highest BCUT2D eigenvalue weighted by Crippen LogP contribution is 2.01. The molecule has 5 heteroatoms. The Balaban J connectivity index is 0.000000810. The van der Waals surface area contributed by atoms with Gasteiger partial charge in [0.25, 0.3) is 0 Å². The van der Waals surface area contributed by atoms with E-state index >= 15 is 0 Å². The van der Waals surface area contributed by atoms with Gasteiger partial charge in [0.05, 0.1) is 0 Å². The molecule has 4 nitrogen and oxygen atoms in total. The summed E-state index contributed by atoms with van der Waals surface area (Å²) in [5.74, 6) is 0.531. The molecule has 0 radical (unpaired) electrons. The van der Waals surface area contributed by atoms with Gasteiger partial charge >= 0.3 is 0 Å². The van der Waals surface area contributed by atoms with Gasteiger partial charge in [0.2, 0.25) is 0 Å². The minimum Gasteiger partial charge on any atom is -0.448 e. The summed E-state index contributed by atoms with van der Waals surface area (Å²) in [4.78, 5) is 3.70. The third-order valence-corrected chi connectivity index (χ3v) is 1.000. The van der Waals surface area contributed by atoms with Gasteiger partial charge in [-0.1, -0.05) is 0 Å². The summed E-state index contributed by atoms with van der Waals surface area (Å²) in [6.45, 7) is 1.71. The third kappa shape index (κ3) is 1.48. The van der Waals surface area contributed by atoms with Crippen LogP contribution in [0.2, 0.25) is 0 Å². The molecule has 0 fully saturated rings. The van der Waals surface area contributed by atoms with E-state index < -0.39 is 0 Å². The quantitative estimate of drug-likeness (QED) is 0.470. The topological polar surface area (TPSA) is 75.9 Å². The Labute approximate surface area is 64.4 Å². The SMILES string of the molecule is Cc1ocnc1C(=N)N.Cl. The second-order valence-corrected chi connectivity index (χ2v) is 1.67. The molecule has 0 aliphatic rings. The molecule has 1 aromatic rings. The van der Waals surface area contributed by atoms with Crippen LogP contribution in [0.3, 0.4) is 0 Å². The van der Waals surface area contributed by atoms with Crippen molar-refractivity contribution in [1.29, 1.82) is 5.41 Å². The molecule has 0 saturated carbocycles. The van der Waals surface area contributed by atoms with E-state index in [9.17, 15) is 0 Å². The summed E-state index contributed by atoms with van der Waals surface area (Å²) in [6, 6.07) is 0. The number of rotatable bonds is 1. The maximum Gasteiger partial charge on any atom is 0.181 e. The predicted octanol–water partition coefficient (Wildman–Crippen LogP) is 0.689. The van der Waals surface area contributed by atoms with Crippen LogP contribution in [0.5, 0.6) is 0 Å². The third-order valence-electron chi connectivity index (χ3n) is 1.000. The molecule has 0 aliphatic carbocycles. The molecular weight excluding hydrogens is 154 g/mol. The summed E-state index contributed by atoms with van der Waals surface area (Å²) in [5, 5.41) is 6.95. The molecule has 1 heterocycles. The number of aromatic nitrogens is 1. The van der Waals surface area contributed by atoms with Crippen LogP contribution in [0, 0.1) is 12.3 Å². The van der Waals surface area contributed by atoms with Crippen molar-refractivity contribution in [3.8, 4) is 0 Å². The number of nitrogens with one attached hydrogen (secondary N) is 1. The molecule has 10 heavy (non-hydrogen) atoms. The van der Waals surface area contributed by atoms with Crippen molar-refractivity contribution in [2.24, 2.45) is 5.73 Å². The number of amidine groups is 1. The lowest BCUT2D eigenvalue weighted by molar-refractivity contribution is 0.526. The molecule has 3 N–H and O–H groups in total. The molecule has 1 aromatic heterocycles. The van der Waals surface area contributed by atoms with Gasteiger partial charge in [-0.3, -0.25) is 5.41 Å². The predicted molar refractivity (Wildman–Crippen MR) is 39.5 cm³/mol. The Morgan fingerprint density at radius 2 is 2.40 bits per heavy atom.